The molecule has 2 heterocycles. The Balaban J connectivity index is 2.41. The Morgan fingerprint density at radius 3 is 2.55 bits per heavy atom. The first kappa shape index (κ1) is 14.3. The summed E-state index contributed by atoms with van der Waals surface area (Å²) in [4.78, 5) is 25.8. The van der Waals surface area contributed by atoms with Gasteiger partial charge in [0.15, 0.2) is 0 Å². The molecular formula is C14H20N4O2. The lowest BCUT2D eigenvalue weighted by Gasteiger charge is -2.08. The highest BCUT2D eigenvalue weighted by molar-refractivity contribution is 5.12. The molecule has 0 aliphatic heterocycles. The fraction of sp³-hybridized carbons (Fsp3) is 0.500. The standard InChI is InChI=1S/C14H20N4O2/c1-4-10-8-17(14(20)15-13(10)19)9-12-7-11(5-2)16-18(12)6-3/h7-8H,4-6,9H2,1-3H3,(H,15,19,20). The fourth-order valence-electron chi connectivity index (χ4n) is 2.19. The molecule has 0 spiro atoms. The third-order valence-electron chi connectivity index (χ3n) is 3.37. The van der Waals surface area contributed by atoms with E-state index in [1.807, 2.05) is 31.5 Å². The predicted octanol–water partition coefficient (Wildman–Crippen LogP) is 0.926. The first-order valence-corrected chi connectivity index (χ1v) is 6.97. The maximum absolute atomic E-state index is 11.9. The summed E-state index contributed by atoms with van der Waals surface area (Å²) in [5.41, 5.74) is 1.92. The van der Waals surface area contributed by atoms with E-state index in [0.717, 1.165) is 24.4 Å². The summed E-state index contributed by atoms with van der Waals surface area (Å²) in [6, 6.07) is 2.01. The zero-order valence-corrected chi connectivity index (χ0v) is 12.1. The molecule has 0 saturated carbocycles. The Morgan fingerprint density at radius 2 is 1.95 bits per heavy atom. The summed E-state index contributed by atoms with van der Waals surface area (Å²) < 4.78 is 3.42. The number of rotatable bonds is 5. The van der Waals surface area contributed by atoms with Gasteiger partial charge in [-0.2, -0.15) is 5.10 Å². The fourth-order valence-corrected chi connectivity index (χ4v) is 2.19. The highest BCUT2D eigenvalue weighted by Crippen LogP contribution is 2.07. The van der Waals surface area contributed by atoms with Crippen LogP contribution in [0.2, 0.25) is 0 Å². The van der Waals surface area contributed by atoms with Gasteiger partial charge in [-0.05, 0) is 25.8 Å². The second-order valence-electron chi connectivity index (χ2n) is 4.69. The Kier molecular flexibility index (Phi) is 4.22. The van der Waals surface area contributed by atoms with E-state index in [0.29, 0.717) is 18.5 Å². The van der Waals surface area contributed by atoms with Gasteiger partial charge in [0.05, 0.1) is 17.9 Å². The minimum Gasteiger partial charge on any atom is -0.294 e. The van der Waals surface area contributed by atoms with Crippen LogP contribution >= 0.6 is 0 Å². The molecule has 0 radical (unpaired) electrons. The van der Waals surface area contributed by atoms with E-state index < -0.39 is 0 Å². The van der Waals surface area contributed by atoms with Crippen LogP contribution < -0.4 is 11.2 Å². The third-order valence-corrected chi connectivity index (χ3v) is 3.37. The van der Waals surface area contributed by atoms with E-state index in [1.165, 1.54) is 4.57 Å². The molecule has 108 valence electrons. The number of aromatic amines is 1. The van der Waals surface area contributed by atoms with E-state index in [1.54, 1.807) is 6.20 Å². The van der Waals surface area contributed by atoms with Crippen LogP contribution in [0.5, 0.6) is 0 Å². The van der Waals surface area contributed by atoms with Gasteiger partial charge in [0, 0.05) is 18.3 Å². The van der Waals surface area contributed by atoms with Gasteiger partial charge >= 0.3 is 5.69 Å². The van der Waals surface area contributed by atoms with Gasteiger partial charge in [-0.3, -0.25) is 19.0 Å². The van der Waals surface area contributed by atoms with Crippen molar-refractivity contribution in [1.82, 2.24) is 19.3 Å². The van der Waals surface area contributed by atoms with Crippen molar-refractivity contribution in [2.45, 2.75) is 46.7 Å². The van der Waals surface area contributed by atoms with Crippen molar-refractivity contribution in [3.63, 3.8) is 0 Å². The Morgan fingerprint density at radius 1 is 1.20 bits per heavy atom. The van der Waals surface area contributed by atoms with Crippen molar-refractivity contribution in [2.24, 2.45) is 0 Å². The molecule has 6 heteroatoms. The number of nitrogens with one attached hydrogen (secondary N) is 1. The second-order valence-corrected chi connectivity index (χ2v) is 4.69. The largest absolute Gasteiger partial charge is 0.328 e. The van der Waals surface area contributed by atoms with E-state index in [4.69, 9.17) is 0 Å². The molecule has 0 fully saturated rings. The first-order valence-electron chi connectivity index (χ1n) is 6.97. The van der Waals surface area contributed by atoms with E-state index in [9.17, 15) is 9.59 Å². The van der Waals surface area contributed by atoms with Crippen molar-refractivity contribution in [3.05, 3.63) is 50.1 Å². The van der Waals surface area contributed by atoms with Crippen LogP contribution in [0.15, 0.2) is 21.9 Å². The molecule has 2 aromatic rings. The van der Waals surface area contributed by atoms with Crippen LogP contribution in [0, 0.1) is 0 Å². The van der Waals surface area contributed by atoms with Crippen molar-refractivity contribution in [2.75, 3.05) is 0 Å². The van der Waals surface area contributed by atoms with Gasteiger partial charge in [0.2, 0.25) is 0 Å². The van der Waals surface area contributed by atoms with Crippen molar-refractivity contribution < 1.29 is 0 Å². The third kappa shape index (κ3) is 2.74. The van der Waals surface area contributed by atoms with Crippen LogP contribution in [0.3, 0.4) is 0 Å². The predicted molar refractivity (Wildman–Crippen MR) is 77.1 cm³/mol. The Labute approximate surface area is 117 Å². The monoisotopic (exact) mass is 276 g/mol. The van der Waals surface area contributed by atoms with Gasteiger partial charge in [0.25, 0.3) is 5.56 Å². The Bertz CT molecular complexity index is 709. The van der Waals surface area contributed by atoms with Gasteiger partial charge in [-0.1, -0.05) is 13.8 Å². The molecule has 0 amide bonds. The van der Waals surface area contributed by atoms with Crippen molar-refractivity contribution in [1.29, 1.82) is 0 Å². The van der Waals surface area contributed by atoms with Crippen molar-refractivity contribution in [3.8, 4) is 0 Å². The SMILES string of the molecule is CCc1cc(Cn2cc(CC)c(=O)[nH]c2=O)n(CC)n1. The summed E-state index contributed by atoms with van der Waals surface area (Å²) in [6.45, 7) is 7.14. The molecule has 0 aromatic carbocycles. The molecule has 0 saturated heterocycles. The van der Waals surface area contributed by atoms with Crippen LogP contribution in [0.1, 0.15) is 37.7 Å². The minimum absolute atomic E-state index is 0.299. The maximum atomic E-state index is 11.9. The molecule has 6 nitrogen and oxygen atoms in total. The van der Waals surface area contributed by atoms with E-state index in [2.05, 4.69) is 10.1 Å². The summed E-state index contributed by atoms with van der Waals surface area (Å²) in [5.74, 6) is 0. The zero-order valence-electron chi connectivity index (χ0n) is 12.1. The maximum Gasteiger partial charge on any atom is 0.328 e. The van der Waals surface area contributed by atoms with Crippen LogP contribution in [-0.4, -0.2) is 19.3 Å². The normalized spacial score (nSPS) is 10.9. The molecule has 2 rings (SSSR count). The molecule has 0 atom stereocenters. The van der Waals surface area contributed by atoms with Crippen molar-refractivity contribution >= 4 is 0 Å². The van der Waals surface area contributed by atoms with Crippen LogP contribution in [0.25, 0.3) is 0 Å². The summed E-state index contributed by atoms with van der Waals surface area (Å²) in [5, 5.41) is 4.46. The number of aromatic nitrogens is 4. The lowest BCUT2D eigenvalue weighted by atomic mass is 10.2. The zero-order chi connectivity index (χ0) is 14.7. The lowest BCUT2D eigenvalue weighted by molar-refractivity contribution is 0.582. The highest BCUT2D eigenvalue weighted by atomic mass is 16.2. The highest BCUT2D eigenvalue weighted by Gasteiger charge is 2.09. The topological polar surface area (TPSA) is 72.7 Å². The molecular weight excluding hydrogens is 256 g/mol. The number of hydrogen-bond acceptors (Lipinski definition) is 3. The summed E-state index contributed by atoms with van der Waals surface area (Å²) >= 11 is 0. The smallest absolute Gasteiger partial charge is 0.294 e. The number of hydrogen-bond donors (Lipinski definition) is 1. The average molecular weight is 276 g/mol. The van der Waals surface area contributed by atoms with Crippen LogP contribution in [-0.2, 0) is 25.9 Å². The van der Waals surface area contributed by atoms with Gasteiger partial charge in [0.1, 0.15) is 0 Å². The number of nitrogens with zero attached hydrogens (tertiary/aromatic N) is 3. The first-order chi connectivity index (χ1) is 9.58. The average Bonchev–Trinajstić information content (AvgIpc) is 2.84. The number of aryl methyl sites for hydroxylation is 3. The quantitative estimate of drug-likeness (QED) is 0.882. The van der Waals surface area contributed by atoms with Gasteiger partial charge in [-0.15, -0.1) is 0 Å². The molecule has 0 unspecified atom stereocenters. The Hall–Kier alpha value is -2.11. The summed E-state index contributed by atoms with van der Waals surface area (Å²) in [7, 11) is 0. The van der Waals surface area contributed by atoms with Gasteiger partial charge in [-0.25, -0.2) is 4.79 Å². The lowest BCUT2D eigenvalue weighted by Crippen LogP contribution is -2.32. The molecule has 0 aliphatic rings. The molecule has 0 bridgehead atoms. The minimum atomic E-state index is -0.380. The summed E-state index contributed by atoms with van der Waals surface area (Å²) in [6.07, 6.45) is 3.10. The molecule has 2 aromatic heterocycles. The molecule has 0 aliphatic carbocycles. The molecule has 20 heavy (non-hydrogen) atoms. The second kappa shape index (κ2) is 5.90. The molecule has 1 N–H and O–H groups in total. The van der Waals surface area contributed by atoms with E-state index >= 15 is 0 Å². The number of H-pyrrole nitrogens is 1. The van der Waals surface area contributed by atoms with Crippen LogP contribution in [0.4, 0.5) is 0 Å². The van der Waals surface area contributed by atoms with Gasteiger partial charge < -0.3 is 0 Å². The van der Waals surface area contributed by atoms with E-state index in [-0.39, 0.29) is 11.2 Å².